The Kier molecular flexibility index (Phi) is 6.00. The quantitative estimate of drug-likeness (QED) is 0.919. The van der Waals surface area contributed by atoms with Gasteiger partial charge >= 0.3 is 0 Å². The maximum absolute atomic E-state index is 12.7. The highest BCUT2D eigenvalue weighted by atomic mass is 16.2. The molecule has 1 aliphatic rings. The number of rotatable bonds is 4. The molecule has 3 rings (SSSR count). The van der Waals surface area contributed by atoms with Crippen molar-refractivity contribution in [1.82, 2.24) is 15.2 Å². The SMILES string of the molecule is Cc1ccc(CNC(=O)c2cccc(C(=O)N3CCCCCC3)n2)cc1. The molecule has 0 radical (unpaired) electrons. The maximum atomic E-state index is 12.7. The molecular formula is C21H25N3O2. The van der Waals surface area contributed by atoms with Crippen molar-refractivity contribution in [3.63, 3.8) is 0 Å². The van der Waals surface area contributed by atoms with E-state index in [0.717, 1.165) is 31.5 Å². The smallest absolute Gasteiger partial charge is 0.272 e. The fourth-order valence-electron chi connectivity index (χ4n) is 3.09. The minimum absolute atomic E-state index is 0.0833. The number of benzene rings is 1. The molecule has 1 saturated heterocycles. The van der Waals surface area contributed by atoms with Crippen LogP contribution in [0, 0.1) is 6.92 Å². The van der Waals surface area contributed by atoms with Crippen LogP contribution in [0.2, 0.25) is 0 Å². The third-order valence-electron chi connectivity index (χ3n) is 4.67. The van der Waals surface area contributed by atoms with Gasteiger partial charge in [0.2, 0.25) is 0 Å². The lowest BCUT2D eigenvalue weighted by atomic mass is 10.1. The molecule has 1 aromatic carbocycles. The summed E-state index contributed by atoms with van der Waals surface area (Å²) in [6.45, 7) is 4.00. The van der Waals surface area contributed by atoms with Gasteiger partial charge in [-0.1, -0.05) is 48.7 Å². The van der Waals surface area contributed by atoms with Crippen molar-refractivity contribution in [2.75, 3.05) is 13.1 Å². The molecule has 0 bridgehead atoms. The molecule has 136 valence electrons. The minimum Gasteiger partial charge on any atom is -0.347 e. The van der Waals surface area contributed by atoms with Crippen LogP contribution in [0.3, 0.4) is 0 Å². The van der Waals surface area contributed by atoms with E-state index in [4.69, 9.17) is 0 Å². The van der Waals surface area contributed by atoms with Crippen LogP contribution in [0.1, 0.15) is 57.8 Å². The lowest BCUT2D eigenvalue weighted by Crippen LogP contribution is -2.33. The number of amides is 2. The Hall–Kier alpha value is -2.69. The van der Waals surface area contributed by atoms with Crippen LogP contribution in [0.15, 0.2) is 42.5 Å². The molecule has 1 aliphatic heterocycles. The Labute approximate surface area is 154 Å². The Bertz CT molecular complexity index is 763. The summed E-state index contributed by atoms with van der Waals surface area (Å²) >= 11 is 0. The van der Waals surface area contributed by atoms with E-state index in [1.165, 1.54) is 18.4 Å². The van der Waals surface area contributed by atoms with Crippen molar-refractivity contribution >= 4 is 11.8 Å². The fraction of sp³-hybridized carbons (Fsp3) is 0.381. The monoisotopic (exact) mass is 351 g/mol. The highest BCUT2D eigenvalue weighted by molar-refractivity contribution is 5.96. The molecule has 2 aromatic rings. The van der Waals surface area contributed by atoms with Crippen LogP contribution in [0.4, 0.5) is 0 Å². The van der Waals surface area contributed by atoms with Gasteiger partial charge in [0.1, 0.15) is 11.4 Å². The highest BCUT2D eigenvalue weighted by Crippen LogP contribution is 2.13. The number of pyridine rings is 1. The summed E-state index contributed by atoms with van der Waals surface area (Å²) in [6.07, 6.45) is 4.39. The minimum atomic E-state index is -0.268. The van der Waals surface area contributed by atoms with E-state index in [2.05, 4.69) is 10.3 Å². The molecule has 2 amide bonds. The summed E-state index contributed by atoms with van der Waals surface area (Å²) in [7, 11) is 0. The molecule has 0 saturated carbocycles. The summed E-state index contributed by atoms with van der Waals surface area (Å²) in [5.41, 5.74) is 2.83. The molecule has 0 atom stereocenters. The second-order valence-corrected chi connectivity index (χ2v) is 6.78. The molecule has 0 aliphatic carbocycles. The molecule has 0 spiro atoms. The van der Waals surface area contributed by atoms with E-state index in [1.807, 2.05) is 36.1 Å². The number of carbonyl (C=O) groups excluding carboxylic acids is 2. The van der Waals surface area contributed by atoms with Crippen molar-refractivity contribution < 1.29 is 9.59 Å². The standard InChI is InChI=1S/C21H25N3O2/c1-16-9-11-17(12-10-16)15-22-20(25)18-7-6-8-19(23-18)21(26)24-13-4-2-3-5-14-24/h6-12H,2-5,13-15H2,1H3,(H,22,25). The summed E-state index contributed by atoms with van der Waals surface area (Å²) in [5, 5.41) is 2.86. The van der Waals surface area contributed by atoms with Crippen molar-refractivity contribution in [2.24, 2.45) is 0 Å². The molecular weight excluding hydrogens is 326 g/mol. The molecule has 1 aromatic heterocycles. The molecule has 1 N–H and O–H groups in total. The van der Waals surface area contributed by atoms with Gasteiger partial charge < -0.3 is 10.2 Å². The lowest BCUT2D eigenvalue weighted by molar-refractivity contribution is 0.0755. The van der Waals surface area contributed by atoms with Crippen molar-refractivity contribution in [1.29, 1.82) is 0 Å². The topological polar surface area (TPSA) is 62.3 Å². The molecule has 5 nitrogen and oxygen atoms in total. The largest absolute Gasteiger partial charge is 0.347 e. The first kappa shape index (κ1) is 18.1. The third-order valence-corrected chi connectivity index (χ3v) is 4.67. The van der Waals surface area contributed by atoms with Gasteiger partial charge in [0.05, 0.1) is 0 Å². The number of aromatic nitrogens is 1. The van der Waals surface area contributed by atoms with E-state index in [9.17, 15) is 9.59 Å². The predicted molar refractivity (Wildman–Crippen MR) is 101 cm³/mol. The number of carbonyl (C=O) groups is 2. The van der Waals surface area contributed by atoms with E-state index in [1.54, 1.807) is 18.2 Å². The second-order valence-electron chi connectivity index (χ2n) is 6.78. The summed E-state index contributed by atoms with van der Waals surface area (Å²) in [4.78, 5) is 31.2. The van der Waals surface area contributed by atoms with E-state index in [0.29, 0.717) is 12.2 Å². The number of nitrogens with one attached hydrogen (secondary N) is 1. The van der Waals surface area contributed by atoms with Crippen molar-refractivity contribution in [3.05, 3.63) is 65.0 Å². The Balaban J connectivity index is 1.64. The van der Waals surface area contributed by atoms with Crippen molar-refractivity contribution in [2.45, 2.75) is 39.2 Å². The second kappa shape index (κ2) is 8.61. The molecule has 0 unspecified atom stereocenters. The van der Waals surface area contributed by atoms with Gasteiger partial charge in [0.25, 0.3) is 11.8 Å². The van der Waals surface area contributed by atoms with Crippen LogP contribution >= 0.6 is 0 Å². The van der Waals surface area contributed by atoms with Gasteiger partial charge in [-0.2, -0.15) is 0 Å². The van der Waals surface area contributed by atoms with Gasteiger partial charge in [-0.15, -0.1) is 0 Å². The van der Waals surface area contributed by atoms with E-state index < -0.39 is 0 Å². The average Bonchev–Trinajstić information content (AvgIpc) is 2.96. The summed E-state index contributed by atoms with van der Waals surface area (Å²) in [5.74, 6) is -0.351. The number of aryl methyl sites for hydroxylation is 1. The fourth-order valence-corrected chi connectivity index (χ4v) is 3.09. The first-order valence-corrected chi connectivity index (χ1v) is 9.23. The first-order chi connectivity index (χ1) is 12.6. The van der Waals surface area contributed by atoms with Crippen LogP contribution < -0.4 is 5.32 Å². The number of hydrogen-bond acceptors (Lipinski definition) is 3. The van der Waals surface area contributed by atoms with Crippen LogP contribution in [0.5, 0.6) is 0 Å². The van der Waals surface area contributed by atoms with Gasteiger partial charge in [-0.05, 0) is 37.5 Å². The van der Waals surface area contributed by atoms with Crippen LogP contribution in [0.25, 0.3) is 0 Å². The highest BCUT2D eigenvalue weighted by Gasteiger charge is 2.19. The summed E-state index contributed by atoms with van der Waals surface area (Å²) < 4.78 is 0. The zero-order chi connectivity index (χ0) is 18.4. The zero-order valence-electron chi connectivity index (χ0n) is 15.2. The molecule has 26 heavy (non-hydrogen) atoms. The predicted octanol–water partition coefficient (Wildman–Crippen LogP) is 3.34. The molecule has 1 fully saturated rings. The van der Waals surface area contributed by atoms with Crippen LogP contribution in [-0.2, 0) is 6.54 Å². The number of likely N-dealkylation sites (tertiary alicyclic amines) is 1. The normalized spacial score (nSPS) is 14.6. The van der Waals surface area contributed by atoms with Gasteiger partial charge in [0, 0.05) is 19.6 Å². The van der Waals surface area contributed by atoms with Crippen LogP contribution in [-0.4, -0.2) is 34.8 Å². The maximum Gasteiger partial charge on any atom is 0.272 e. The lowest BCUT2D eigenvalue weighted by Gasteiger charge is -2.19. The van der Waals surface area contributed by atoms with Crippen molar-refractivity contribution in [3.8, 4) is 0 Å². The molecule has 2 heterocycles. The average molecular weight is 351 g/mol. The van der Waals surface area contributed by atoms with E-state index >= 15 is 0 Å². The van der Waals surface area contributed by atoms with Gasteiger partial charge in [-0.3, -0.25) is 9.59 Å². The number of nitrogens with zero attached hydrogens (tertiary/aromatic N) is 2. The summed E-state index contributed by atoms with van der Waals surface area (Å²) in [6, 6.07) is 13.1. The Morgan fingerprint density at radius 1 is 0.962 bits per heavy atom. The Morgan fingerprint density at radius 3 is 2.31 bits per heavy atom. The van der Waals surface area contributed by atoms with E-state index in [-0.39, 0.29) is 17.5 Å². The van der Waals surface area contributed by atoms with Gasteiger partial charge in [0.15, 0.2) is 0 Å². The van der Waals surface area contributed by atoms with Gasteiger partial charge in [-0.25, -0.2) is 4.98 Å². The number of hydrogen-bond donors (Lipinski definition) is 1. The zero-order valence-corrected chi connectivity index (χ0v) is 15.2. The third kappa shape index (κ3) is 4.69. The first-order valence-electron chi connectivity index (χ1n) is 9.23. The Morgan fingerprint density at radius 2 is 1.62 bits per heavy atom. The molecule has 5 heteroatoms.